The summed E-state index contributed by atoms with van der Waals surface area (Å²) in [6.45, 7) is 3.05. The van der Waals surface area contributed by atoms with Gasteiger partial charge in [0.05, 0.1) is 18.6 Å². The third-order valence-electron chi connectivity index (χ3n) is 1.69. The van der Waals surface area contributed by atoms with Crippen LogP contribution >= 0.6 is 0 Å². The van der Waals surface area contributed by atoms with Crippen molar-refractivity contribution in [1.29, 1.82) is 0 Å². The van der Waals surface area contributed by atoms with Crippen LogP contribution in [0.2, 0.25) is 0 Å². The lowest BCUT2D eigenvalue weighted by Gasteiger charge is -2.21. The molecule has 0 bridgehead atoms. The van der Waals surface area contributed by atoms with E-state index >= 15 is 0 Å². The largest absolute Gasteiger partial charge is 0.523 e. The van der Waals surface area contributed by atoms with Gasteiger partial charge in [0.2, 0.25) is 0 Å². The molecule has 0 N–H and O–H groups in total. The third-order valence-corrected chi connectivity index (χ3v) is 2.68. The van der Waals surface area contributed by atoms with Gasteiger partial charge < -0.3 is 4.74 Å². The summed E-state index contributed by atoms with van der Waals surface area (Å²) < 4.78 is 65.3. The van der Waals surface area contributed by atoms with Crippen molar-refractivity contribution in [3.63, 3.8) is 0 Å². The predicted octanol–water partition coefficient (Wildman–Crippen LogP) is 1.44. The van der Waals surface area contributed by atoms with E-state index in [1.807, 2.05) is 0 Å². The lowest BCUT2D eigenvalue weighted by atomic mass is 9.95. The van der Waals surface area contributed by atoms with Crippen LogP contribution in [0.5, 0.6) is 0 Å². The number of carbonyl (C=O) groups is 1. The van der Waals surface area contributed by atoms with Gasteiger partial charge in [-0.3, -0.25) is 8.98 Å². The zero-order valence-electron chi connectivity index (χ0n) is 9.50. The van der Waals surface area contributed by atoms with E-state index in [4.69, 9.17) is 0 Å². The van der Waals surface area contributed by atoms with E-state index in [2.05, 4.69) is 8.92 Å². The minimum atomic E-state index is -5.69. The summed E-state index contributed by atoms with van der Waals surface area (Å²) in [5.74, 6) is -0.836. The van der Waals surface area contributed by atoms with Gasteiger partial charge in [0, 0.05) is 0 Å². The first kappa shape index (κ1) is 16.2. The summed E-state index contributed by atoms with van der Waals surface area (Å²) in [5, 5.41) is 0. The highest BCUT2D eigenvalue weighted by molar-refractivity contribution is 7.87. The Labute approximate surface area is 97.0 Å². The van der Waals surface area contributed by atoms with Gasteiger partial charge in [0.25, 0.3) is 0 Å². The SMILES string of the molecule is CCOC(=O)C(C)(C)COS(=O)(=O)C(F)(F)F. The van der Waals surface area contributed by atoms with Crippen LogP contribution in [0.25, 0.3) is 0 Å². The summed E-state index contributed by atoms with van der Waals surface area (Å²) in [4.78, 5) is 11.3. The molecule has 0 fully saturated rings. The molecule has 0 spiro atoms. The summed E-state index contributed by atoms with van der Waals surface area (Å²) in [6.07, 6.45) is 0. The molecule has 0 aromatic heterocycles. The van der Waals surface area contributed by atoms with Crippen LogP contribution < -0.4 is 0 Å². The monoisotopic (exact) mass is 278 g/mol. The molecule has 0 aromatic carbocycles. The van der Waals surface area contributed by atoms with Gasteiger partial charge in [-0.25, -0.2) is 0 Å². The number of hydrogen-bond donors (Lipinski definition) is 0. The van der Waals surface area contributed by atoms with E-state index in [1.165, 1.54) is 20.8 Å². The summed E-state index contributed by atoms with van der Waals surface area (Å²) in [6, 6.07) is 0. The summed E-state index contributed by atoms with van der Waals surface area (Å²) >= 11 is 0. The Balaban J connectivity index is 4.63. The van der Waals surface area contributed by atoms with Crippen LogP contribution in [-0.4, -0.2) is 33.1 Å². The molecule has 0 saturated heterocycles. The molecule has 0 saturated carbocycles. The number of ether oxygens (including phenoxy) is 1. The van der Waals surface area contributed by atoms with E-state index in [-0.39, 0.29) is 6.61 Å². The van der Waals surface area contributed by atoms with Crippen molar-refractivity contribution >= 4 is 16.1 Å². The van der Waals surface area contributed by atoms with Crippen molar-refractivity contribution in [3.8, 4) is 0 Å². The Morgan fingerprint density at radius 3 is 2.06 bits per heavy atom. The first-order valence-corrected chi connectivity index (χ1v) is 5.98. The second-order valence-electron chi connectivity index (χ2n) is 3.77. The average molecular weight is 278 g/mol. The van der Waals surface area contributed by atoms with Crippen molar-refractivity contribution in [2.75, 3.05) is 13.2 Å². The van der Waals surface area contributed by atoms with E-state index in [9.17, 15) is 26.4 Å². The van der Waals surface area contributed by atoms with Crippen molar-refractivity contribution in [2.45, 2.75) is 26.3 Å². The van der Waals surface area contributed by atoms with E-state index in [1.54, 1.807) is 0 Å². The number of hydrogen-bond acceptors (Lipinski definition) is 5. The van der Waals surface area contributed by atoms with Crippen LogP contribution in [0.4, 0.5) is 13.2 Å². The Bertz CT molecular complexity index is 371. The van der Waals surface area contributed by atoms with Crippen molar-refractivity contribution in [3.05, 3.63) is 0 Å². The number of esters is 1. The summed E-state index contributed by atoms with van der Waals surface area (Å²) in [7, 11) is -5.69. The quantitative estimate of drug-likeness (QED) is 0.432. The fraction of sp³-hybridized carbons (Fsp3) is 0.875. The minimum absolute atomic E-state index is 0.0360. The van der Waals surface area contributed by atoms with E-state index in [0.29, 0.717) is 0 Å². The standard InChI is InChI=1S/C8H13F3O5S/c1-4-15-6(12)7(2,3)5-16-17(13,14)8(9,10)11/h4-5H2,1-3H3. The third kappa shape index (κ3) is 4.50. The highest BCUT2D eigenvalue weighted by Gasteiger charge is 2.48. The topological polar surface area (TPSA) is 69.7 Å². The maximum absolute atomic E-state index is 11.9. The van der Waals surface area contributed by atoms with Crippen molar-refractivity contribution < 1.29 is 35.3 Å². The van der Waals surface area contributed by atoms with Gasteiger partial charge in [0.15, 0.2) is 0 Å². The molecule has 0 unspecified atom stereocenters. The fourth-order valence-corrected chi connectivity index (χ4v) is 1.26. The number of rotatable bonds is 5. The number of carbonyl (C=O) groups excluding carboxylic acids is 1. The molecule has 0 heterocycles. The molecule has 9 heteroatoms. The minimum Gasteiger partial charge on any atom is -0.466 e. The molecule has 0 amide bonds. The van der Waals surface area contributed by atoms with Crippen LogP contribution in [0.1, 0.15) is 20.8 Å². The van der Waals surface area contributed by atoms with E-state index < -0.39 is 33.6 Å². The predicted molar refractivity (Wildman–Crippen MR) is 51.3 cm³/mol. The number of alkyl halides is 3. The molecule has 17 heavy (non-hydrogen) atoms. The Kier molecular flexibility index (Phi) is 4.96. The number of halogens is 3. The van der Waals surface area contributed by atoms with Gasteiger partial charge in [-0.1, -0.05) is 0 Å². The van der Waals surface area contributed by atoms with Gasteiger partial charge in [-0.15, -0.1) is 0 Å². The molecule has 102 valence electrons. The zero-order valence-corrected chi connectivity index (χ0v) is 10.3. The molecular formula is C8H13F3O5S. The highest BCUT2D eigenvalue weighted by Crippen LogP contribution is 2.27. The zero-order chi connectivity index (χ0) is 13.9. The van der Waals surface area contributed by atoms with Crippen LogP contribution in [0.15, 0.2) is 0 Å². The van der Waals surface area contributed by atoms with Gasteiger partial charge >= 0.3 is 21.6 Å². The molecule has 0 aliphatic carbocycles. The molecular weight excluding hydrogens is 265 g/mol. The van der Waals surface area contributed by atoms with Gasteiger partial charge in [-0.2, -0.15) is 21.6 Å². The maximum Gasteiger partial charge on any atom is 0.523 e. The lowest BCUT2D eigenvalue weighted by molar-refractivity contribution is -0.155. The molecule has 5 nitrogen and oxygen atoms in total. The molecule has 0 radical (unpaired) electrons. The normalized spacial score (nSPS) is 13.5. The highest BCUT2D eigenvalue weighted by atomic mass is 32.2. The van der Waals surface area contributed by atoms with Gasteiger partial charge in [-0.05, 0) is 20.8 Å². The van der Waals surface area contributed by atoms with Crippen molar-refractivity contribution in [1.82, 2.24) is 0 Å². The maximum atomic E-state index is 11.9. The second-order valence-corrected chi connectivity index (χ2v) is 5.37. The summed E-state index contributed by atoms with van der Waals surface area (Å²) in [5.41, 5.74) is -6.98. The molecule has 0 atom stereocenters. The molecule has 0 rings (SSSR count). The molecule has 0 aromatic rings. The van der Waals surface area contributed by atoms with Crippen molar-refractivity contribution in [2.24, 2.45) is 5.41 Å². The van der Waals surface area contributed by atoms with Crippen LogP contribution in [0.3, 0.4) is 0 Å². The lowest BCUT2D eigenvalue weighted by Crippen LogP contribution is -2.35. The van der Waals surface area contributed by atoms with E-state index in [0.717, 1.165) is 0 Å². The fourth-order valence-electron chi connectivity index (χ4n) is 0.677. The smallest absolute Gasteiger partial charge is 0.466 e. The van der Waals surface area contributed by atoms with Gasteiger partial charge in [0.1, 0.15) is 0 Å². The van der Waals surface area contributed by atoms with Crippen LogP contribution in [0, 0.1) is 5.41 Å². The molecule has 0 aliphatic heterocycles. The molecule has 0 aliphatic rings. The van der Waals surface area contributed by atoms with Crippen LogP contribution in [-0.2, 0) is 23.8 Å². The second kappa shape index (κ2) is 5.21. The first-order valence-electron chi connectivity index (χ1n) is 4.57. The average Bonchev–Trinajstić information content (AvgIpc) is 2.14. The Hall–Kier alpha value is -0.830. The first-order chi connectivity index (χ1) is 7.44. The Morgan fingerprint density at radius 1 is 1.24 bits per heavy atom. The Morgan fingerprint density at radius 2 is 1.71 bits per heavy atom.